The Balaban J connectivity index is 2.88. The number of rotatable bonds is 5. The molecule has 1 atom stereocenters. The van der Waals surface area contributed by atoms with Gasteiger partial charge >= 0.3 is 5.97 Å². The van der Waals surface area contributed by atoms with Gasteiger partial charge in [-0.1, -0.05) is 0 Å². The Morgan fingerprint density at radius 2 is 2.17 bits per heavy atom. The Hall–Kier alpha value is -1.70. The fourth-order valence-electron chi connectivity index (χ4n) is 1.01. The normalized spacial score (nSPS) is 12.2. The second-order valence-corrected chi connectivity index (χ2v) is 4.16. The number of pyridine rings is 1. The number of amides is 1. The van der Waals surface area contributed by atoms with Crippen LogP contribution >= 0.6 is 11.8 Å². The van der Waals surface area contributed by atoms with Gasteiger partial charge in [-0.15, -0.1) is 0 Å². The lowest BCUT2D eigenvalue weighted by Gasteiger charge is -2.11. The number of halogens is 2. The van der Waals surface area contributed by atoms with Crippen LogP contribution in [-0.2, 0) is 9.53 Å². The van der Waals surface area contributed by atoms with E-state index in [1.807, 2.05) is 0 Å². The molecule has 0 saturated carbocycles. The van der Waals surface area contributed by atoms with Crippen molar-refractivity contribution in [2.24, 2.45) is 5.73 Å². The first-order valence-electron chi connectivity index (χ1n) is 4.82. The maximum absolute atomic E-state index is 12.3. The topological polar surface area (TPSA) is 82.3 Å². The molecule has 0 fully saturated rings. The van der Waals surface area contributed by atoms with E-state index in [0.29, 0.717) is 0 Å². The van der Waals surface area contributed by atoms with Crippen molar-refractivity contribution in [1.29, 1.82) is 0 Å². The number of carbonyl (C=O) groups is 2. The number of thioether (sulfide) groups is 1. The molecule has 0 radical (unpaired) electrons. The minimum atomic E-state index is -2.71. The second-order valence-electron chi connectivity index (χ2n) is 3.18. The van der Waals surface area contributed by atoms with Crippen LogP contribution in [0.15, 0.2) is 23.4 Å². The molecule has 0 aromatic carbocycles. The van der Waals surface area contributed by atoms with Crippen molar-refractivity contribution in [3.8, 4) is 0 Å². The third kappa shape index (κ3) is 3.95. The van der Waals surface area contributed by atoms with Crippen LogP contribution in [0.5, 0.6) is 0 Å². The third-order valence-electron chi connectivity index (χ3n) is 1.88. The Morgan fingerprint density at radius 1 is 1.50 bits per heavy atom. The molecule has 0 saturated heterocycles. The van der Waals surface area contributed by atoms with E-state index in [1.165, 1.54) is 25.3 Å². The SMILES string of the molecule is CC(OC(=O)c1cccnc1SC(F)F)C(N)=O. The highest BCUT2D eigenvalue weighted by molar-refractivity contribution is 7.99. The average molecular weight is 276 g/mol. The maximum Gasteiger partial charge on any atom is 0.341 e. The number of nitrogens with zero attached hydrogens (tertiary/aromatic N) is 1. The molecule has 1 unspecified atom stereocenters. The molecule has 1 amide bonds. The summed E-state index contributed by atoms with van der Waals surface area (Å²) < 4.78 is 29.2. The maximum atomic E-state index is 12.3. The standard InChI is InChI=1S/C10H10F2N2O3S/c1-5(7(13)15)17-9(16)6-3-2-4-14-8(6)18-10(11)12/h2-5,10H,1H3,(H2,13,15). The zero-order valence-corrected chi connectivity index (χ0v) is 10.1. The van der Waals surface area contributed by atoms with E-state index in [1.54, 1.807) is 0 Å². The van der Waals surface area contributed by atoms with Crippen LogP contribution in [0.4, 0.5) is 8.78 Å². The summed E-state index contributed by atoms with van der Waals surface area (Å²) in [6.45, 7) is 1.29. The first-order valence-corrected chi connectivity index (χ1v) is 5.70. The lowest BCUT2D eigenvalue weighted by molar-refractivity contribution is -0.125. The number of hydrogen-bond donors (Lipinski definition) is 1. The first kappa shape index (κ1) is 14.4. The number of ether oxygens (including phenoxy) is 1. The molecular formula is C10H10F2N2O3S. The fourth-order valence-corrected chi connectivity index (χ4v) is 1.58. The van der Waals surface area contributed by atoms with E-state index >= 15 is 0 Å². The average Bonchev–Trinajstić information content (AvgIpc) is 2.28. The van der Waals surface area contributed by atoms with E-state index in [-0.39, 0.29) is 22.4 Å². The van der Waals surface area contributed by atoms with Crippen LogP contribution in [0.25, 0.3) is 0 Å². The number of aromatic nitrogens is 1. The van der Waals surface area contributed by atoms with Crippen LogP contribution in [0, 0.1) is 0 Å². The Morgan fingerprint density at radius 3 is 2.72 bits per heavy atom. The molecule has 0 aliphatic rings. The van der Waals surface area contributed by atoms with Crippen LogP contribution < -0.4 is 5.73 Å². The molecule has 98 valence electrons. The Labute approximate surface area is 106 Å². The molecule has 5 nitrogen and oxygen atoms in total. The van der Waals surface area contributed by atoms with E-state index in [9.17, 15) is 18.4 Å². The van der Waals surface area contributed by atoms with Crippen LogP contribution in [0.2, 0.25) is 0 Å². The van der Waals surface area contributed by atoms with Crippen molar-refractivity contribution < 1.29 is 23.1 Å². The summed E-state index contributed by atoms with van der Waals surface area (Å²) in [5.74, 6) is -4.45. The Kier molecular flexibility index (Phi) is 5.02. The summed E-state index contributed by atoms with van der Waals surface area (Å²) in [4.78, 5) is 26.0. The monoisotopic (exact) mass is 276 g/mol. The molecule has 2 N–H and O–H groups in total. The smallest absolute Gasteiger partial charge is 0.341 e. The van der Waals surface area contributed by atoms with Crippen molar-refractivity contribution in [2.75, 3.05) is 0 Å². The van der Waals surface area contributed by atoms with Gasteiger partial charge in [0.1, 0.15) is 5.03 Å². The Bertz CT molecular complexity index is 457. The molecule has 0 aliphatic carbocycles. The minimum Gasteiger partial charge on any atom is -0.449 e. The fraction of sp³-hybridized carbons (Fsp3) is 0.300. The number of alkyl halides is 2. The van der Waals surface area contributed by atoms with Gasteiger partial charge in [0.25, 0.3) is 11.7 Å². The highest BCUT2D eigenvalue weighted by Crippen LogP contribution is 2.26. The number of esters is 1. The minimum absolute atomic E-state index is 0.127. The van der Waals surface area contributed by atoms with E-state index < -0.39 is 23.7 Å². The van der Waals surface area contributed by atoms with Gasteiger partial charge in [-0.05, 0) is 30.8 Å². The zero-order chi connectivity index (χ0) is 13.7. The largest absolute Gasteiger partial charge is 0.449 e. The molecule has 18 heavy (non-hydrogen) atoms. The molecule has 1 heterocycles. The summed E-state index contributed by atoms with van der Waals surface area (Å²) in [5, 5.41) is -0.158. The second kappa shape index (κ2) is 6.29. The van der Waals surface area contributed by atoms with Crippen LogP contribution in [-0.4, -0.2) is 28.7 Å². The number of nitrogens with two attached hydrogens (primary N) is 1. The van der Waals surface area contributed by atoms with Gasteiger partial charge in [0, 0.05) is 6.20 Å². The molecule has 1 rings (SSSR count). The van der Waals surface area contributed by atoms with Gasteiger partial charge in [-0.2, -0.15) is 8.78 Å². The van der Waals surface area contributed by atoms with E-state index in [4.69, 9.17) is 10.5 Å². The lowest BCUT2D eigenvalue weighted by Crippen LogP contribution is -2.30. The van der Waals surface area contributed by atoms with Gasteiger partial charge in [0.05, 0.1) is 5.56 Å². The van der Waals surface area contributed by atoms with Gasteiger partial charge in [-0.3, -0.25) is 4.79 Å². The van der Waals surface area contributed by atoms with Gasteiger partial charge in [0.15, 0.2) is 6.10 Å². The van der Waals surface area contributed by atoms with Gasteiger partial charge in [0.2, 0.25) is 0 Å². The zero-order valence-electron chi connectivity index (χ0n) is 9.30. The highest BCUT2D eigenvalue weighted by Gasteiger charge is 2.21. The predicted octanol–water partition coefficient (Wildman–Crippen LogP) is 1.43. The summed E-state index contributed by atoms with van der Waals surface area (Å²) in [6.07, 6.45) is 0.140. The predicted molar refractivity (Wildman–Crippen MR) is 60.2 cm³/mol. The van der Waals surface area contributed by atoms with Crippen LogP contribution in [0.1, 0.15) is 17.3 Å². The number of hydrogen-bond acceptors (Lipinski definition) is 5. The summed E-state index contributed by atoms with van der Waals surface area (Å²) in [5.41, 5.74) is 4.80. The van der Waals surface area contributed by atoms with E-state index in [0.717, 1.165) is 0 Å². The van der Waals surface area contributed by atoms with Crippen molar-refractivity contribution in [2.45, 2.75) is 23.8 Å². The van der Waals surface area contributed by atoms with Gasteiger partial charge in [-0.25, -0.2) is 9.78 Å². The molecular weight excluding hydrogens is 266 g/mol. The molecule has 1 aromatic rings. The first-order chi connectivity index (χ1) is 8.41. The third-order valence-corrected chi connectivity index (χ3v) is 2.60. The van der Waals surface area contributed by atoms with Crippen LogP contribution in [0.3, 0.4) is 0 Å². The van der Waals surface area contributed by atoms with Crippen molar-refractivity contribution in [3.05, 3.63) is 23.9 Å². The molecule has 0 bridgehead atoms. The molecule has 8 heteroatoms. The van der Waals surface area contributed by atoms with Crippen molar-refractivity contribution >= 4 is 23.6 Å². The quantitative estimate of drug-likeness (QED) is 0.649. The number of carbonyl (C=O) groups excluding carboxylic acids is 2. The van der Waals surface area contributed by atoms with E-state index in [2.05, 4.69) is 4.98 Å². The molecule has 1 aromatic heterocycles. The highest BCUT2D eigenvalue weighted by atomic mass is 32.2. The summed E-state index contributed by atoms with van der Waals surface area (Å²) in [6, 6.07) is 2.69. The van der Waals surface area contributed by atoms with Crippen molar-refractivity contribution in [1.82, 2.24) is 4.98 Å². The van der Waals surface area contributed by atoms with Crippen molar-refractivity contribution in [3.63, 3.8) is 0 Å². The molecule has 0 spiro atoms. The lowest BCUT2D eigenvalue weighted by atomic mass is 10.3. The summed E-state index contributed by atoms with van der Waals surface area (Å²) >= 11 is 0.127. The summed E-state index contributed by atoms with van der Waals surface area (Å²) in [7, 11) is 0. The number of primary amides is 1. The van der Waals surface area contributed by atoms with Gasteiger partial charge < -0.3 is 10.5 Å². The molecule has 0 aliphatic heterocycles.